The number of amides is 1. The van der Waals surface area contributed by atoms with Gasteiger partial charge in [-0.3, -0.25) is 4.79 Å². The lowest BCUT2D eigenvalue weighted by Crippen LogP contribution is -2.35. The van der Waals surface area contributed by atoms with Crippen molar-refractivity contribution in [3.05, 3.63) is 58.7 Å². The van der Waals surface area contributed by atoms with E-state index >= 15 is 0 Å². The van der Waals surface area contributed by atoms with Crippen molar-refractivity contribution in [2.75, 3.05) is 7.11 Å². The standard InChI is InChI=1S/C18H19ClN2O2/c1-12(13-5-7-14(19)8-6-13)21(15-9-10-15)18(22)16-4-3-11-20-17(16)23-2/h3-8,11-12,15H,9-10H2,1-2H3/t12-/m0/s1. The number of carbonyl (C=O) groups excluding carboxylic acids is 1. The lowest BCUT2D eigenvalue weighted by Gasteiger charge is -2.30. The molecule has 0 N–H and O–H groups in total. The van der Waals surface area contributed by atoms with Crippen LogP contribution in [0.25, 0.3) is 0 Å². The summed E-state index contributed by atoms with van der Waals surface area (Å²) in [5.74, 6) is 0.325. The molecule has 0 unspecified atom stereocenters. The number of methoxy groups -OCH3 is 1. The molecule has 1 aromatic heterocycles. The zero-order valence-corrected chi connectivity index (χ0v) is 14.0. The van der Waals surface area contributed by atoms with Crippen molar-refractivity contribution in [1.82, 2.24) is 9.88 Å². The maximum Gasteiger partial charge on any atom is 0.260 e. The summed E-state index contributed by atoms with van der Waals surface area (Å²) in [5.41, 5.74) is 1.57. The molecule has 0 saturated heterocycles. The number of benzene rings is 1. The van der Waals surface area contributed by atoms with E-state index in [1.54, 1.807) is 18.3 Å². The van der Waals surface area contributed by atoms with Crippen molar-refractivity contribution >= 4 is 17.5 Å². The fourth-order valence-corrected chi connectivity index (χ4v) is 2.89. The highest BCUT2D eigenvalue weighted by atomic mass is 35.5. The Morgan fingerprint density at radius 3 is 2.61 bits per heavy atom. The number of aromatic nitrogens is 1. The fraction of sp³-hybridized carbons (Fsp3) is 0.333. The Kier molecular flexibility index (Phi) is 4.53. The average Bonchev–Trinajstić information content (AvgIpc) is 3.40. The van der Waals surface area contributed by atoms with E-state index in [1.165, 1.54) is 7.11 Å². The highest BCUT2D eigenvalue weighted by Crippen LogP contribution is 2.36. The van der Waals surface area contributed by atoms with E-state index in [0.29, 0.717) is 16.5 Å². The van der Waals surface area contributed by atoms with Crippen LogP contribution in [0.3, 0.4) is 0 Å². The van der Waals surface area contributed by atoms with E-state index in [1.807, 2.05) is 36.1 Å². The van der Waals surface area contributed by atoms with Crippen LogP contribution in [-0.2, 0) is 0 Å². The van der Waals surface area contributed by atoms with Crippen molar-refractivity contribution < 1.29 is 9.53 Å². The molecular weight excluding hydrogens is 312 g/mol. The molecule has 1 aliphatic carbocycles. The largest absolute Gasteiger partial charge is 0.480 e. The van der Waals surface area contributed by atoms with Crippen LogP contribution in [0.1, 0.15) is 41.7 Å². The molecule has 1 amide bonds. The maximum absolute atomic E-state index is 13.1. The molecule has 120 valence electrons. The van der Waals surface area contributed by atoms with Gasteiger partial charge in [-0.2, -0.15) is 0 Å². The zero-order chi connectivity index (χ0) is 16.4. The summed E-state index contributed by atoms with van der Waals surface area (Å²) in [5, 5.41) is 0.694. The Bertz CT molecular complexity index is 698. The first-order valence-electron chi connectivity index (χ1n) is 7.69. The quantitative estimate of drug-likeness (QED) is 0.828. The number of hydrogen-bond acceptors (Lipinski definition) is 3. The van der Waals surface area contributed by atoms with E-state index in [2.05, 4.69) is 4.98 Å². The van der Waals surface area contributed by atoms with E-state index < -0.39 is 0 Å². The summed E-state index contributed by atoms with van der Waals surface area (Å²) >= 11 is 5.96. The Morgan fingerprint density at radius 2 is 2.00 bits per heavy atom. The van der Waals surface area contributed by atoms with Crippen LogP contribution in [0, 0.1) is 0 Å². The van der Waals surface area contributed by atoms with Crippen molar-refractivity contribution in [2.45, 2.75) is 31.8 Å². The lowest BCUT2D eigenvalue weighted by atomic mass is 10.1. The highest BCUT2D eigenvalue weighted by Gasteiger charge is 2.37. The Hall–Kier alpha value is -2.07. The number of rotatable bonds is 5. The molecule has 0 bridgehead atoms. The lowest BCUT2D eigenvalue weighted by molar-refractivity contribution is 0.0669. The van der Waals surface area contributed by atoms with Gasteiger partial charge in [0, 0.05) is 17.3 Å². The third-order valence-corrected chi connectivity index (χ3v) is 4.39. The van der Waals surface area contributed by atoms with Gasteiger partial charge in [-0.15, -0.1) is 0 Å². The Balaban J connectivity index is 1.92. The number of nitrogens with zero attached hydrogens (tertiary/aromatic N) is 2. The minimum Gasteiger partial charge on any atom is -0.480 e. The molecule has 0 spiro atoms. The van der Waals surface area contributed by atoms with Crippen LogP contribution in [0.5, 0.6) is 5.88 Å². The van der Waals surface area contributed by atoms with E-state index in [4.69, 9.17) is 16.3 Å². The normalized spacial score (nSPS) is 15.1. The van der Waals surface area contributed by atoms with Crippen molar-refractivity contribution in [2.24, 2.45) is 0 Å². The summed E-state index contributed by atoms with van der Waals surface area (Å²) in [4.78, 5) is 19.1. The molecule has 4 nitrogen and oxygen atoms in total. The predicted octanol–water partition coefficient (Wildman–Crippen LogP) is 4.11. The van der Waals surface area contributed by atoms with Crippen molar-refractivity contribution in [3.63, 3.8) is 0 Å². The molecule has 1 heterocycles. The minimum absolute atomic E-state index is 0.0304. The molecule has 3 rings (SSSR count). The third-order valence-electron chi connectivity index (χ3n) is 4.14. The van der Waals surface area contributed by atoms with E-state index in [9.17, 15) is 4.79 Å². The molecule has 1 fully saturated rings. The first-order chi connectivity index (χ1) is 11.1. The Morgan fingerprint density at radius 1 is 1.30 bits per heavy atom. The molecule has 5 heteroatoms. The van der Waals surface area contributed by atoms with Crippen molar-refractivity contribution in [1.29, 1.82) is 0 Å². The fourth-order valence-electron chi connectivity index (χ4n) is 2.77. The smallest absolute Gasteiger partial charge is 0.260 e. The van der Waals surface area contributed by atoms with Gasteiger partial charge >= 0.3 is 0 Å². The topological polar surface area (TPSA) is 42.4 Å². The van der Waals surface area contributed by atoms with Gasteiger partial charge in [0.15, 0.2) is 0 Å². The number of halogens is 1. The second-order valence-corrected chi connectivity index (χ2v) is 6.17. The molecule has 0 aliphatic heterocycles. The van der Waals surface area contributed by atoms with Crippen LogP contribution in [0.2, 0.25) is 5.02 Å². The first-order valence-corrected chi connectivity index (χ1v) is 8.06. The second kappa shape index (κ2) is 6.59. The monoisotopic (exact) mass is 330 g/mol. The predicted molar refractivity (Wildman–Crippen MR) is 89.8 cm³/mol. The SMILES string of the molecule is COc1ncccc1C(=O)N(C1CC1)[C@@H](C)c1ccc(Cl)cc1. The molecule has 1 saturated carbocycles. The number of pyridine rings is 1. The van der Waals surface area contributed by atoms with Gasteiger partial charge in [-0.1, -0.05) is 23.7 Å². The van der Waals surface area contributed by atoms with Gasteiger partial charge in [-0.25, -0.2) is 4.98 Å². The number of ether oxygens (including phenoxy) is 1. The molecule has 2 aromatic rings. The summed E-state index contributed by atoms with van der Waals surface area (Å²) in [6.45, 7) is 2.04. The van der Waals surface area contributed by atoms with Crippen molar-refractivity contribution in [3.8, 4) is 5.88 Å². The van der Waals surface area contributed by atoms with Gasteiger partial charge in [0.2, 0.25) is 5.88 Å². The molecule has 23 heavy (non-hydrogen) atoms. The molecule has 1 aliphatic rings. The van der Waals surface area contributed by atoms with Crippen LogP contribution in [0.4, 0.5) is 0 Å². The number of hydrogen-bond donors (Lipinski definition) is 0. The number of carbonyl (C=O) groups is 1. The average molecular weight is 331 g/mol. The van der Waals surface area contributed by atoms with E-state index in [0.717, 1.165) is 18.4 Å². The molecular formula is C18H19ClN2O2. The molecule has 1 atom stereocenters. The van der Waals surface area contributed by atoms with Gasteiger partial charge in [-0.05, 0) is 49.6 Å². The van der Waals surface area contributed by atoms with Gasteiger partial charge in [0.1, 0.15) is 5.56 Å². The summed E-state index contributed by atoms with van der Waals surface area (Å²) in [6, 6.07) is 11.4. The summed E-state index contributed by atoms with van der Waals surface area (Å²) in [6.07, 6.45) is 3.69. The van der Waals surface area contributed by atoms with E-state index in [-0.39, 0.29) is 18.0 Å². The van der Waals surface area contributed by atoms with Crippen LogP contribution in [0.15, 0.2) is 42.6 Å². The first kappa shape index (κ1) is 15.8. The zero-order valence-electron chi connectivity index (χ0n) is 13.2. The van der Waals surface area contributed by atoms with Gasteiger partial charge in [0.25, 0.3) is 5.91 Å². The summed E-state index contributed by atoms with van der Waals surface area (Å²) < 4.78 is 5.24. The maximum atomic E-state index is 13.1. The third kappa shape index (κ3) is 3.32. The summed E-state index contributed by atoms with van der Waals surface area (Å²) in [7, 11) is 1.53. The van der Waals surface area contributed by atoms with Gasteiger partial charge < -0.3 is 9.64 Å². The van der Waals surface area contributed by atoms with Crippen LogP contribution >= 0.6 is 11.6 Å². The molecule has 0 radical (unpaired) electrons. The van der Waals surface area contributed by atoms with Crippen LogP contribution in [-0.4, -0.2) is 28.9 Å². The Labute approximate surface area is 141 Å². The second-order valence-electron chi connectivity index (χ2n) is 5.73. The van der Waals surface area contributed by atoms with Crippen LogP contribution < -0.4 is 4.74 Å². The van der Waals surface area contributed by atoms with Gasteiger partial charge in [0.05, 0.1) is 13.2 Å². The highest BCUT2D eigenvalue weighted by molar-refractivity contribution is 6.30. The molecule has 1 aromatic carbocycles. The minimum atomic E-state index is -0.0418.